The number of fused-ring (bicyclic) bond motifs is 1. The van der Waals surface area contributed by atoms with Gasteiger partial charge in [-0.05, 0) is 44.5 Å². The second-order valence-electron chi connectivity index (χ2n) is 6.69. The molecule has 1 N–H and O–H groups in total. The van der Waals surface area contributed by atoms with E-state index < -0.39 is 0 Å². The number of carbonyl (C=O) groups is 1. The van der Waals surface area contributed by atoms with E-state index in [0.29, 0.717) is 6.54 Å². The van der Waals surface area contributed by atoms with Crippen molar-refractivity contribution in [2.24, 2.45) is 0 Å². The molecule has 3 nitrogen and oxygen atoms in total. The average Bonchev–Trinajstić information content (AvgIpc) is 2.52. The summed E-state index contributed by atoms with van der Waals surface area (Å²) in [6.07, 6.45) is 3.53. The smallest absolute Gasteiger partial charge is 0.251 e. The van der Waals surface area contributed by atoms with Crippen LogP contribution in [0.25, 0.3) is 6.08 Å². The SMILES string of the molecule is Cc1ccc(/C=C/C(=O)N2CC(C)(C)Nc3ccccc32)cc1. The van der Waals surface area contributed by atoms with Gasteiger partial charge in [-0.15, -0.1) is 0 Å². The van der Waals surface area contributed by atoms with Gasteiger partial charge >= 0.3 is 0 Å². The molecule has 3 heteroatoms. The Morgan fingerprint density at radius 1 is 1.13 bits per heavy atom. The third kappa shape index (κ3) is 3.45. The van der Waals surface area contributed by atoms with E-state index in [4.69, 9.17) is 0 Å². The lowest BCUT2D eigenvalue weighted by atomic mass is 9.99. The van der Waals surface area contributed by atoms with Crippen molar-refractivity contribution in [3.05, 3.63) is 65.7 Å². The summed E-state index contributed by atoms with van der Waals surface area (Å²) < 4.78 is 0. The minimum atomic E-state index is -0.151. The Balaban J connectivity index is 1.85. The molecule has 0 unspecified atom stereocenters. The van der Waals surface area contributed by atoms with Crippen molar-refractivity contribution >= 4 is 23.4 Å². The molecule has 0 aliphatic carbocycles. The first-order chi connectivity index (χ1) is 10.9. The number of aryl methyl sites for hydroxylation is 1. The summed E-state index contributed by atoms with van der Waals surface area (Å²) in [6.45, 7) is 6.90. The summed E-state index contributed by atoms with van der Waals surface area (Å²) in [5, 5.41) is 3.48. The summed E-state index contributed by atoms with van der Waals surface area (Å²) in [5.74, 6) is 0.00704. The Bertz CT molecular complexity index is 744. The minimum absolute atomic E-state index is 0.00704. The third-order valence-electron chi connectivity index (χ3n) is 3.98. The molecule has 1 aliphatic heterocycles. The highest BCUT2D eigenvalue weighted by molar-refractivity contribution is 6.06. The molecule has 1 heterocycles. The lowest BCUT2D eigenvalue weighted by molar-refractivity contribution is -0.114. The van der Waals surface area contributed by atoms with Crippen LogP contribution in [-0.2, 0) is 4.79 Å². The van der Waals surface area contributed by atoms with Gasteiger partial charge in [-0.2, -0.15) is 0 Å². The zero-order valence-electron chi connectivity index (χ0n) is 13.8. The van der Waals surface area contributed by atoms with Gasteiger partial charge in [0.15, 0.2) is 0 Å². The van der Waals surface area contributed by atoms with E-state index in [1.807, 2.05) is 59.5 Å². The quantitative estimate of drug-likeness (QED) is 0.841. The molecule has 23 heavy (non-hydrogen) atoms. The van der Waals surface area contributed by atoms with Gasteiger partial charge in [0, 0.05) is 18.2 Å². The Kier molecular flexibility index (Phi) is 3.95. The zero-order chi connectivity index (χ0) is 16.4. The number of carbonyl (C=O) groups excluding carboxylic acids is 1. The molecule has 118 valence electrons. The Morgan fingerprint density at radius 3 is 2.57 bits per heavy atom. The van der Waals surface area contributed by atoms with Gasteiger partial charge in [0.25, 0.3) is 5.91 Å². The summed E-state index contributed by atoms with van der Waals surface area (Å²) in [4.78, 5) is 14.5. The monoisotopic (exact) mass is 306 g/mol. The first kappa shape index (κ1) is 15.3. The van der Waals surface area contributed by atoms with E-state index in [-0.39, 0.29) is 11.4 Å². The molecule has 0 saturated heterocycles. The van der Waals surface area contributed by atoms with Crippen molar-refractivity contribution in [2.75, 3.05) is 16.8 Å². The van der Waals surface area contributed by atoms with Crippen LogP contribution in [0.15, 0.2) is 54.6 Å². The zero-order valence-corrected chi connectivity index (χ0v) is 13.8. The average molecular weight is 306 g/mol. The van der Waals surface area contributed by atoms with Crippen molar-refractivity contribution < 1.29 is 4.79 Å². The lowest BCUT2D eigenvalue weighted by Gasteiger charge is -2.40. The van der Waals surface area contributed by atoms with Crippen LogP contribution in [0.5, 0.6) is 0 Å². The van der Waals surface area contributed by atoms with Gasteiger partial charge in [0.2, 0.25) is 0 Å². The topological polar surface area (TPSA) is 32.3 Å². The molecule has 0 atom stereocenters. The second kappa shape index (κ2) is 5.92. The second-order valence-corrected chi connectivity index (χ2v) is 6.69. The molecule has 2 aromatic carbocycles. The summed E-state index contributed by atoms with van der Waals surface area (Å²) >= 11 is 0. The van der Waals surface area contributed by atoms with Crippen LogP contribution in [0.3, 0.4) is 0 Å². The standard InChI is InChI=1S/C20H22N2O/c1-15-8-10-16(11-9-15)12-13-19(23)22-14-20(2,3)21-17-6-4-5-7-18(17)22/h4-13,21H,14H2,1-3H3/b13-12+. The van der Waals surface area contributed by atoms with E-state index >= 15 is 0 Å². The molecule has 1 amide bonds. The molecule has 0 radical (unpaired) electrons. The third-order valence-corrected chi connectivity index (χ3v) is 3.98. The van der Waals surface area contributed by atoms with Crippen LogP contribution in [0.1, 0.15) is 25.0 Å². The Labute approximate surface area is 137 Å². The molecule has 0 spiro atoms. The van der Waals surface area contributed by atoms with E-state index in [1.165, 1.54) is 5.56 Å². The highest BCUT2D eigenvalue weighted by atomic mass is 16.2. The number of para-hydroxylation sites is 2. The molecule has 0 fully saturated rings. The normalized spacial score (nSPS) is 16.0. The summed E-state index contributed by atoms with van der Waals surface area (Å²) in [7, 11) is 0. The van der Waals surface area contributed by atoms with Crippen LogP contribution >= 0.6 is 0 Å². The van der Waals surface area contributed by atoms with E-state index in [9.17, 15) is 4.79 Å². The molecule has 0 saturated carbocycles. The van der Waals surface area contributed by atoms with Crippen LogP contribution < -0.4 is 10.2 Å². The number of hydrogen-bond acceptors (Lipinski definition) is 2. The van der Waals surface area contributed by atoms with Crippen molar-refractivity contribution in [3.8, 4) is 0 Å². The van der Waals surface area contributed by atoms with Gasteiger partial charge in [-0.3, -0.25) is 4.79 Å². The fourth-order valence-electron chi connectivity index (χ4n) is 2.83. The molecule has 0 bridgehead atoms. The number of anilines is 2. The molecule has 3 rings (SSSR count). The van der Waals surface area contributed by atoms with Gasteiger partial charge < -0.3 is 10.2 Å². The minimum Gasteiger partial charge on any atom is -0.377 e. The Morgan fingerprint density at radius 2 is 1.83 bits per heavy atom. The van der Waals surface area contributed by atoms with Crippen LogP contribution in [0, 0.1) is 6.92 Å². The number of amides is 1. The summed E-state index contributed by atoms with van der Waals surface area (Å²) in [5.41, 5.74) is 4.03. The maximum Gasteiger partial charge on any atom is 0.251 e. The van der Waals surface area contributed by atoms with E-state index in [1.54, 1.807) is 6.08 Å². The molecular weight excluding hydrogens is 284 g/mol. The number of benzene rings is 2. The number of rotatable bonds is 2. The maximum absolute atomic E-state index is 12.7. The number of hydrogen-bond donors (Lipinski definition) is 1. The molecule has 2 aromatic rings. The predicted molar refractivity (Wildman–Crippen MR) is 96.7 cm³/mol. The maximum atomic E-state index is 12.7. The Hall–Kier alpha value is -2.55. The lowest BCUT2D eigenvalue weighted by Crippen LogP contribution is -2.50. The first-order valence-corrected chi connectivity index (χ1v) is 7.88. The molecule has 0 aromatic heterocycles. The van der Waals surface area contributed by atoms with Crippen molar-refractivity contribution in [1.82, 2.24) is 0 Å². The highest BCUT2D eigenvalue weighted by Gasteiger charge is 2.31. The van der Waals surface area contributed by atoms with Gasteiger partial charge in [-0.25, -0.2) is 0 Å². The summed E-state index contributed by atoms with van der Waals surface area (Å²) in [6, 6.07) is 16.1. The first-order valence-electron chi connectivity index (χ1n) is 7.88. The predicted octanol–water partition coefficient (Wildman–Crippen LogP) is 4.25. The van der Waals surface area contributed by atoms with Gasteiger partial charge in [-0.1, -0.05) is 42.0 Å². The number of nitrogens with one attached hydrogen (secondary N) is 1. The molecular formula is C20H22N2O. The van der Waals surface area contributed by atoms with Crippen molar-refractivity contribution in [2.45, 2.75) is 26.3 Å². The van der Waals surface area contributed by atoms with Crippen LogP contribution in [-0.4, -0.2) is 18.0 Å². The van der Waals surface area contributed by atoms with Crippen LogP contribution in [0.2, 0.25) is 0 Å². The van der Waals surface area contributed by atoms with Gasteiger partial charge in [0.05, 0.1) is 11.4 Å². The molecule has 1 aliphatic rings. The van der Waals surface area contributed by atoms with E-state index in [2.05, 4.69) is 26.1 Å². The highest BCUT2D eigenvalue weighted by Crippen LogP contribution is 2.34. The van der Waals surface area contributed by atoms with Crippen molar-refractivity contribution in [3.63, 3.8) is 0 Å². The van der Waals surface area contributed by atoms with E-state index in [0.717, 1.165) is 16.9 Å². The fraction of sp³-hybridized carbons (Fsp3) is 0.250. The van der Waals surface area contributed by atoms with Crippen LogP contribution in [0.4, 0.5) is 11.4 Å². The number of nitrogens with zero attached hydrogens (tertiary/aromatic N) is 1. The fourth-order valence-corrected chi connectivity index (χ4v) is 2.83. The van der Waals surface area contributed by atoms with Gasteiger partial charge in [0.1, 0.15) is 0 Å². The van der Waals surface area contributed by atoms with Crippen molar-refractivity contribution in [1.29, 1.82) is 0 Å². The largest absolute Gasteiger partial charge is 0.377 e.